The lowest BCUT2D eigenvalue weighted by molar-refractivity contribution is 0.0106. The molecular formula is C33H41N3O5. The molecule has 8 nitrogen and oxygen atoms in total. The summed E-state index contributed by atoms with van der Waals surface area (Å²) in [6.45, 7) is 6.42. The van der Waals surface area contributed by atoms with Gasteiger partial charge in [0, 0.05) is 38.3 Å². The molecule has 2 heterocycles. The first-order valence-corrected chi connectivity index (χ1v) is 14.6. The van der Waals surface area contributed by atoms with Gasteiger partial charge in [-0.25, -0.2) is 0 Å². The summed E-state index contributed by atoms with van der Waals surface area (Å²) in [5.41, 5.74) is 4.11. The molecule has 0 saturated carbocycles. The zero-order valence-electron chi connectivity index (χ0n) is 23.8. The number of carbonyl (C=O) groups excluding carboxylic acids is 1. The summed E-state index contributed by atoms with van der Waals surface area (Å²) in [5.74, 6) is 1.89. The highest BCUT2D eigenvalue weighted by Gasteiger charge is 2.28. The van der Waals surface area contributed by atoms with Gasteiger partial charge in [-0.15, -0.1) is 0 Å². The number of methoxy groups -OCH3 is 1. The highest BCUT2D eigenvalue weighted by molar-refractivity contribution is 5.94. The Hall–Kier alpha value is -3.59. The topological polar surface area (TPSA) is 81.3 Å². The molecule has 1 fully saturated rings. The van der Waals surface area contributed by atoms with Gasteiger partial charge in [0.2, 0.25) is 0 Å². The van der Waals surface area contributed by atoms with Crippen LogP contribution in [0.25, 0.3) is 0 Å². The van der Waals surface area contributed by atoms with Gasteiger partial charge in [0.05, 0.1) is 31.5 Å². The first kappa shape index (κ1) is 28.9. The molecule has 2 aliphatic rings. The summed E-state index contributed by atoms with van der Waals surface area (Å²) < 4.78 is 23.3. The van der Waals surface area contributed by atoms with Crippen LogP contribution in [0.4, 0.5) is 5.69 Å². The summed E-state index contributed by atoms with van der Waals surface area (Å²) in [5, 5.41) is 6.42. The lowest BCUT2D eigenvalue weighted by atomic mass is 9.87. The Balaban J connectivity index is 1.14. The van der Waals surface area contributed by atoms with Crippen molar-refractivity contribution in [1.29, 1.82) is 0 Å². The highest BCUT2D eigenvalue weighted by atomic mass is 16.5. The van der Waals surface area contributed by atoms with Crippen molar-refractivity contribution in [3.63, 3.8) is 0 Å². The van der Waals surface area contributed by atoms with Gasteiger partial charge >= 0.3 is 0 Å². The molecule has 2 unspecified atom stereocenters. The van der Waals surface area contributed by atoms with E-state index in [-0.39, 0.29) is 17.9 Å². The molecule has 1 saturated heterocycles. The summed E-state index contributed by atoms with van der Waals surface area (Å²) in [6, 6.07) is 23.9. The maximum Gasteiger partial charge on any atom is 0.251 e. The molecule has 3 aromatic rings. The molecule has 0 radical (unpaired) electrons. The van der Waals surface area contributed by atoms with Crippen LogP contribution in [0.5, 0.6) is 11.5 Å². The smallest absolute Gasteiger partial charge is 0.251 e. The minimum atomic E-state index is -0.0982. The lowest BCUT2D eigenvalue weighted by Gasteiger charge is -2.33. The molecule has 8 heteroatoms. The van der Waals surface area contributed by atoms with Crippen molar-refractivity contribution in [3.8, 4) is 11.5 Å². The molecule has 0 aromatic heterocycles. The normalized spacial score (nSPS) is 18.3. The standard InChI is InChI=1S/C33H41N3O5/c1-38-19-5-17-36-18-21-40-31-13-8-25(22-30(31)36)24-41-32-23-34-15-14-29(32)26-9-11-27(12-10-26)33(37)35-16-20-39-28-6-3-2-4-7-28/h2-4,6-13,22,29,32,34H,5,14-21,23-24H2,1H3,(H,35,37). The Bertz CT molecular complexity index is 1240. The van der Waals surface area contributed by atoms with Crippen LogP contribution in [-0.2, 0) is 16.1 Å². The van der Waals surface area contributed by atoms with Gasteiger partial charge in [0.15, 0.2) is 0 Å². The summed E-state index contributed by atoms with van der Waals surface area (Å²) in [4.78, 5) is 15.0. The second kappa shape index (κ2) is 14.9. The Kier molecular flexibility index (Phi) is 10.5. The number of piperidine rings is 1. The molecule has 2 N–H and O–H groups in total. The fourth-order valence-corrected chi connectivity index (χ4v) is 5.46. The van der Waals surface area contributed by atoms with Gasteiger partial charge in [0.25, 0.3) is 5.91 Å². The second-order valence-corrected chi connectivity index (χ2v) is 10.5. The van der Waals surface area contributed by atoms with E-state index < -0.39 is 0 Å². The molecule has 1 amide bonds. The third kappa shape index (κ3) is 8.00. The number of nitrogens with one attached hydrogen (secondary N) is 2. The first-order chi connectivity index (χ1) is 20.2. The van der Waals surface area contributed by atoms with Gasteiger partial charge in [0.1, 0.15) is 24.7 Å². The molecule has 5 rings (SSSR count). The van der Waals surface area contributed by atoms with Gasteiger partial charge in [-0.3, -0.25) is 4.79 Å². The van der Waals surface area contributed by atoms with Crippen molar-refractivity contribution in [2.75, 3.05) is 64.6 Å². The summed E-state index contributed by atoms with van der Waals surface area (Å²) in [7, 11) is 1.74. The van der Waals surface area contributed by atoms with Crippen LogP contribution in [0.1, 0.15) is 40.2 Å². The number of benzene rings is 3. The fourth-order valence-electron chi connectivity index (χ4n) is 5.46. The molecule has 0 bridgehead atoms. The number of rotatable bonds is 13. The number of ether oxygens (including phenoxy) is 4. The third-order valence-electron chi connectivity index (χ3n) is 7.65. The number of hydrogen-bond acceptors (Lipinski definition) is 7. The Morgan fingerprint density at radius 1 is 1.07 bits per heavy atom. The molecule has 3 aromatic carbocycles. The van der Waals surface area contributed by atoms with Crippen LogP contribution < -0.4 is 25.0 Å². The number of nitrogens with zero attached hydrogens (tertiary/aromatic N) is 1. The van der Waals surface area contributed by atoms with E-state index in [4.69, 9.17) is 18.9 Å². The van der Waals surface area contributed by atoms with Crippen LogP contribution in [0, 0.1) is 0 Å². The third-order valence-corrected chi connectivity index (χ3v) is 7.65. The molecular weight excluding hydrogens is 518 g/mol. The fraction of sp³-hybridized carbons (Fsp3) is 0.424. The van der Waals surface area contributed by atoms with Crippen LogP contribution in [0.2, 0.25) is 0 Å². The maximum absolute atomic E-state index is 12.6. The van der Waals surface area contributed by atoms with Crippen LogP contribution in [0.15, 0.2) is 72.8 Å². The second-order valence-electron chi connectivity index (χ2n) is 10.5. The minimum Gasteiger partial charge on any atom is -0.492 e. The van der Waals surface area contributed by atoms with Gasteiger partial charge < -0.3 is 34.5 Å². The number of carbonyl (C=O) groups is 1. The Morgan fingerprint density at radius 2 is 1.93 bits per heavy atom. The largest absolute Gasteiger partial charge is 0.492 e. The maximum atomic E-state index is 12.6. The number of para-hydroxylation sites is 1. The molecule has 0 spiro atoms. The SMILES string of the molecule is COCCCN1CCOc2ccc(COC3CNCCC3c3ccc(C(=O)NCCOc4ccccc4)cc3)cc21. The molecule has 0 aliphatic carbocycles. The van der Waals surface area contributed by atoms with Gasteiger partial charge in [-0.1, -0.05) is 36.4 Å². The quantitative estimate of drug-likeness (QED) is 0.301. The van der Waals surface area contributed by atoms with Crippen molar-refractivity contribution in [2.45, 2.75) is 31.5 Å². The average molecular weight is 560 g/mol. The predicted octanol–water partition coefficient (Wildman–Crippen LogP) is 4.39. The van der Waals surface area contributed by atoms with E-state index in [9.17, 15) is 4.79 Å². The van der Waals surface area contributed by atoms with E-state index in [1.165, 1.54) is 5.56 Å². The minimum absolute atomic E-state index is 0.0450. The van der Waals surface area contributed by atoms with E-state index in [0.717, 1.165) is 68.4 Å². The number of fused-ring (bicyclic) bond motifs is 1. The van der Waals surface area contributed by atoms with Crippen LogP contribution in [-0.4, -0.2) is 71.7 Å². The van der Waals surface area contributed by atoms with Gasteiger partial charge in [-0.05, 0) is 66.9 Å². The number of hydrogen-bond donors (Lipinski definition) is 2. The molecule has 2 aliphatic heterocycles. The lowest BCUT2D eigenvalue weighted by Crippen LogP contribution is -2.41. The zero-order valence-corrected chi connectivity index (χ0v) is 23.8. The highest BCUT2D eigenvalue weighted by Crippen LogP contribution is 2.34. The van der Waals surface area contributed by atoms with Crippen molar-refractivity contribution in [1.82, 2.24) is 10.6 Å². The Labute approximate surface area is 242 Å². The zero-order chi connectivity index (χ0) is 28.3. The first-order valence-electron chi connectivity index (χ1n) is 14.6. The summed E-state index contributed by atoms with van der Waals surface area (Å²) in [6.07, 6.45) is 2.01. The van der Waals surface area contributed by atoms with E-state index in [1.54, 1.807) is 7.11 Å². The predicted molar refractivity (Wildman–Crippen MR) is 160 cm³/mol. The van der Waals surface area contributed by atoms with Crippen LogP contribution in [0.3, 0.4) is 0 Å². The van der Waals surface area contributed by atoms with E-state index in [1.807, 2.05) is 42.5 Å². The van der Waals surface area contributed by atoms with E-state index in [2.05, 4.69) is 45.9 Å². The van der Waals surface area contributed by atoms with E-state index >= 15 is 0 Å². The van der Waals surface area contributed by atoms with Crippen LogP contribution >= 0.6 is 0 Å². The monoisotopic (exact) mass is 559 g/mol. The van der Waals surface area contributed by atoms with Crippen molar-refractivity contribution >= 4 is 11.6 Å². The molecule has 218 valence electrons. The number of anilines is 1. The Morgan fingerprint density at radius 3 is 2.76 bits per heavy atom. The molecule has 2 atom stereocenters. The van der Waals surface area contributed by atoms with Gasteiger partial charge in [-0.2, -0.15) is 0 Å². The summed E-state index contributed by atoms with van der Waals surface area (Å²) >= 11 is 0. The van der Waals surface area contributed by atoms with Crippen molar-refractivity contribution in [2.24, 2.45) is 0 Å². The van der Waals surface area contributed by atoms with Crippen molar-refractivity contribution in [3.05, 3.63) is 89.5 Å². The van der Waals surface area contributed by atoms with Crippen molar-refractivity contribution < 1.29 is 23.7 Å². The number of amides is 1. The average Bonchev–Trinajstić information content (AvgIpc) is 3.03. The molecule has 41 heavy (non-hydrogen) atoms. The van der Waals surface area contributed by atoms with E-state index in [0.29, 0.717) is 31.9 Å².